The highest BCUT2D eigenvalue weighted by Crippen LogP contribution is 2.32. The van der Waals surface area contributed by atoms with Crippen LogP contribution in [0.5, 0.6) is 5.75 Å². The molecule has 0 radical (unpaired) electrons. The van der Waals surface area contributed by atoms with E-state index in [2.05, 4.69) is 27.4 Å². The molecule has 0 spiro atoms. The molecule has 1 aliphatic rings. The second-order valence-corrected chi connectivity index (χ2v) is 16.5. The van der Waals surface area contributed by atoms with Crippen molar-refractivity contribution in [3.8, 4) is 16.9 Å². The van der Waals surface area contributed by atoms with Crippen LogP contribution in [0.25, 0.3) is 22.0 Å². The zero-order valence-electron chi connectivity index (χ0n) is 35.8. The molecule has 12 nitrogen and oxygen atoms in total. The Hall–Kier alpha value is -6.76. The van der Waals surface area contributed by atoms with Crippen LogP contribution in [0.4, 0.5) is 21.9 Å². The van der Waals surface area contributed by atoms with Crippen LogP contribution in [-0.4, -0.2) is 70.8 Å². The number of anilines is 3. The van der Waals surface area contributed by atoms with Crippen molar-refractivity contribution in [2.45, 2.75) is 71.5 Å². The predicted octanol–water partition coefficient (Wildman–Crippen LogP) is 9.48. The zero-order valence-corrected chi connectivity index (χ0v) is 35.8. The quantitative estimate of drug-likeness (QED) is 0.0642. The number of aromatic amines is 1. The third kappa shape index (κ3) is 12.5. The molecule has 0 aliphatic carbocycles. The van der Waals surface area contributed by atoms with E-state index in [0.29, 0.717) is 65.8 Å². The van der Waals surface area contributed by atoms with Crippen molar-refractivity contribution in [3.63, 3.8) is 0 Å². The molecule has 3 amide bonds. The second kappa shape index (κ2) is 22.0. The number of aliphatic hydroxyl groups excluding tert-OH is 1. The summed E-state index contributed by atoms with van der Waals surface area (Å²) in [5.74, 6) is 0.0468. The van der Waals surface area contributed by atoms with Gasteiger partial charge in [-0.2, -0.15) is 0 Å². The first-order valence-electron chi connectivity index (χ1n) is 21.6. The van der Waals surface area contributed by atoms with Crippen LogP contribution in [0.2, 0.25) is 0 Å². The molecule has 0 bridgehead atoms. The second-order valence-electron chi connectivity index (χ2n) is 16.5. The number of aromatic nitrogens is 1. The van der Waals surface area contributed by atoms with Crippen molar-refractivity contribution in [2.75, 3.05) is 42.2 Å². The number of hydrogen-bond acceptors (Lipinski definition) is 8. The van der Waals surface area contributed by atoms with Gasteiger partial charge in [0.1, 0.15) is 11.9 Å². The number of para-hydroxylation sites is 1. The van der Waals surface area contributed by atoms with Gasteiger partial charge >= 0.3 is 6.09 Å². The number of ether oxygens (including phenoxy) is 1. The fourth-order valence-corrected chi connectivity index (χ4v) is 8.20. The molecule has 7 rings (SSSR count). The fourth-order valence-electron chi connectivity index (χ4n) is 8.20. The number of rotatable bonds is 16. The molecule has 1 aromatic heterocycles. The number of nitrogens with one attached hydrogen (secondary N) is 3. The van der Waals surface area contributed by atoms with Crippen LogP contribution in [0, 0.1) is 5.92 Å². The van der Waals surface area contributed by atoms with Gasteiger partial charge in [-0.05, 0) is 96.7 Å². The number of nitrogens with zero attached hydrogens (tertiary/aromatic N) is 2. The molecule has 1 saturated heterocycles. The first kappa shape index (κ1) is 46.7. The summed E-state index contributed by atoms with van der Waals surface area (Å²) in [7, 11) is 1.74. The number of carbonyl (C=O) groups is 3. The molecule has 334 valence electrons. The van der Waals surface area contributed by atoms with E-state index < -0.39 is 12.2 Å². The molecule has 12 heteroatoms. The van der Waals surface area contributed by atoms with Crippen molar-refractivity contribution in [2.24, 2.45) is 5.92 Å². The maximum absolute atomic E-state index is 13.3. The number of phenolic OH excluding ortho intramolecular Hbond substituents is 1. The number of benzene rings is 5. The molecule has 5 N–H and O–H groups in total. The first-order chi connectivity index (χ1) is 30.5. The third-order valence-electron chi connectivity index (χ3n) is 11.8. The minimum Gasteiger partial charge on any atom is -0.506 e. The lowest BCUT2D eigenvalue weighted by Crippen LogP contribution is -2.40. The number of H-pyrrole nitrogens is 1. The SMILES string of the molecule is C.CC(CC[C@H](O)c1ccc(O)c2[nH]c(=O)ccc12)Cc1ccc(CC(=O)Nc2cccc(N(C)C(=O)CCN3CCC(OC(=O)Nc4ccccc4-c4ccccc4)CC3)c2)cc1. The van der Waals surface area contributed by atoms with Crippen LogP contribution < -0.4 is 21.1 Å². The molecule has 64 heavy (non-hydrogen) atoms. The number of pyridine rings is 1. The average molecular weight is 866 g/mol. The summed E-state index contributed by atoms with van der Waals surface area (Å²) in [6.07, 6.45) is 2.56. The molecule has 0 saturated carbocycles. The number of amides is 3. The summed E-state index contributed by atoms with van der Waals surface area (Å²) in [5, 5.41) is 27.7. The average Bonchev–Trinajstić information content (AvgIpc) is 3.29. The summed E-state index contributed by atoms with van der Waals surface area (Å²) in [6, 6.07) is 39.0. The Morgan fingerprint density at radius 2 is 1.56 bits per heavy atom. The van der Waals surface area contributed by atoms with Gasteiger partial charge in [-0.3, -0.25) is 19.7 Å². The first-order valence-corrected chi connectivity index (χ1v) is 21.6. The normalized spacial score (nSPS) is 13.9. The number of fused-ring (bicyclic) bond motifs is 1. The number of aromatic hydroxyl groups is 1. The Morgan fingerprint density at radius 3 is 2.33 bits per heavy atom. The van der Waals surface area contributed by atoms with E-state index in [-0.39, 0.29) is 49.0 Å². The Kier molecular flexibility index (Phi) is 16.1. The monoisotopic (exact) mass is 865 g/mol. The van der Waals surface area contributed by atoms with Gasteiger partial charge in [0, 0.05) is 61.5 Å². The Balaban J connectivity index is 0.00000680. The predicted molar refractivity (Wildman–Crippen MR) is 255 cm³/mol. The molecule has 1 unspecified atom stereocenters. The van der Waals surface area contributed by atoms with Crippen molar-refractivity contribution in [1.82, 2.24) is 9.88 Å². The van der Waals surface area contributed by atoms with Gasteiger partial charge in [0.15, 0.2) is 0 Å². The summed E-state index contributed by atoms with van der Waals surface area (Å²) in [6.45, 7) is 4.17. The van der Waals surface area contributed by atoms with Crippen molar-refractivity contribution in [1.29, 1.82) is 0 Å². The summed E-state index contributed by atoms with van der Waals surface area (Å²) in [4.78, 5) is 57.4. The zero-order chi connectivity index (χ0) is 44.3. The summed E-state index contributed by atoms with van der Waals surface area (Å²) >= 11 is 0. The Labute approximate surface area is 374 Å². The van der Waals surface area contributed by atoms with Gasteiger partial charge in [0.2, 0.25) is 17.4 Å². The molecule has 5 aromatic carbocycles. The fraction of sp³-hybridized carbons (Fsp3) is 0.308. The minimum absolute atomic E-state index is 0. The smallest absolute Gasteiger partial charge is 0.411 e. The van der Waals surface area contributed by atoms with E-state index in [0.717, 1.165) is 48.2 Å². The maximum atomic E-state index is 13.3. The van der Waals surface area contributed by atoms with Gasteiger partial charge in [0.05, 0.1) is 23.7 Å². The van der Waals surface area contributed by atoms with Crippen LogP contribution in [-0.2, 0) is 27.2 Å². The summed E-state index contributed by atoms with van der Waals surface area (Å²) in [5.41, 5.74) is 6.61. The lowest BCUT2D eigenvalue weighted by molar-refractivity contribution is -0.118. The van der Waals surface area contributed by atoms with Gasteiger partial charge in [-0.1, -0.05) is 99.3 Å². The van der Waals surface area contributed by atoms with Crippen LogP contribution in [0.15, 0.2) is 132 Å². The lowest BCUT2D eigenvalue weighted by Gasteiger charge is -2.31. The van der Waals surface area contributed by atoms with Crippen molar-refractivity contribution >= 4 is 45.9 Å². The van der Waals surface area contributed by atoms with Crippen LogP contribution in [0.3, 0.4) is 0 Å². The van der Waals surface area contributed by atoms with E-state index in [1.165, 1.54) is 12.1 Å². The Bertz CT molecular complexity index is 2570. The molecule has 6 aromatic rings. The molecular formula is C52H59N5O7. The molecule has 2 heterocycles. The van der Waals surface area contributed by atoms with Crippen LogP contribution >= 0.6 is 0 Å². The number of aliphatic hydroxyl groups is 1. The largest absolute Gasteiger partial charge is 0.506 e. The summed E-state index contributed by atoms with van der Waals surface area (Å²) < 4.78 is 5.78. The van der Waals surface area contributed by atoms with Crippen molar-refractivity contribution in [3.05, 3.63) is 154 Å². The van der Waals surface area contributed by atoms with E-state index in [1.807, 2.05) is 91.0 Å². The highest BCUT2D eigenvalue weighted by molar-refractivity contribution is 5.96. The van der Waals surface area contributed by atoms with Gasteiger partial charge < -0.3 is 35.1 Å². The van der Waals surface area contributed by atoms with E-state index in [4.69, 9.17) is 4.74 Å². The minimum atomic E-state index is -0.746. The number of carbonyl (C=O) groups excluding carboxylic acids is 3. The molecule has 2 atom stereocenters. The standard InChI is InChI=1S/C51H55N5O7.CH4/c1-34(15-22-45(57)42-20-23-46(58)50-43(42)21-24-47(59)54-50)31-35-16-18-36(19-17-35)32-48(60)52-38-11-8-12-39(33-38)55(2)49(61)27-30-56-28-25-40(26-29-56)63-51(62)53-44-14-7-6-13-41(44)37-9-4-3-5-10-37;/h3-14,16-21,23-24,33-34,40,45,57-58H,15,22,25-32H2,1-2H3,(H,52,60)(H,53,62)(H,54,59);1H4/t34?,45-;/m0./s1. The third-order valence-corrected chi connectivity index (χ3v) is 11.8. The van der Waals surface area contributed by atoms with Gasteiger partial charge in [-0.25, -0.2) is 4.79 Å². The maximum Gasteiger partial charge on any atom is 0.411 e. The van der Waals surface area contributed by atoms with Crippen LogP contribution in [0.1, 0.15) is 69.2 Å². The Morgan fingerprint density at radius 1 is 0.844 bits per heavy atom. The number of piperidine rings is 1. The number of likely N-dealkylation sites (tertiary alicyclic amines) is 1. The molecule has 1 aliphatic heterocycles. The van der Waals surface area contributed by atoms with Gasteiger partial charge in [0.25, 0.3) is 0 Å². The molecular weight excluding hydrogens is 807 g/mol. The topological polar surface area (TPSA) is 164 Å². The lowest BCUT2D eigenvalue weighted by atomic mass is 9.92. The van der Waals surface area contributed by atoms with E-state index >= 15 is 0 Å². The van der Waals surface area contributed by atoms with E-state index in [9.17, 15) is 29.4 Å². The number of hydrogen-bond donors (Lipinski definition) is 5. The highest BCUT2D eigenvalue weighted by atomic mass is 16.6. The molecule has 1 fully saturated rings. The highest BCUT2D eigenvalue weighted by Gasteiger charge is 2.24. The van der Waals surface area contributed by atoms with Gasteiger partial charge in [-0.15, -0.1) is 0 Å². The van der Waals surface area contributed by atoms with E-state index in [1.54, 1.807) is 36.2 Å². The number of phenols is 1. The van der Waals surface area contributed by atoms with Crippen molar-refractivity contribution < 1.29 is 29.3 Å².